The predicted molar refractivity (Wildman–Crippen MR) is 223 cm³/mol. The van der Waals surface area contributed by atoms with Crippen molar-refractivity contribution < 1.29 is 29.0 Å². The molecule has 1 aliphatic carbocycles. The van der Waals surface area contributed by atoms with E-state index in [0.717, 1.165) is 46.1 Å². The van der Waals surface area contributed by atoms with Crippen LogP contribution < -0.4 is 15.4 Å². The normalized spacial score (nSPS) is 19.0. The Kier molecular flexibility index (Phi) is 20.6. The average molecular weight is 982 g/mol. The van der Waals surface area contributed by atoms with Crippen molar-refractivity contribution in [2.45, 2.75) is 122 Å². The molecule has 3 N–H and O–H groups in total. The van der Waals surface area contributed by atoms with Crippen molar-refractivity contribution >= 4 is 81.2 Å². The van der Waals surface area contributed by atoms with E-state index in [1.54, 1.807) is 6.08 Å². The Balaban J connectivity index is 1.24. The molecule has 0 saturated heterocycles. The summed E-state index contributed by atoms with van der Waals surface area (Å²) in [6, 6.07) is 4.00. The molecular weight excluding hydrogens is 926 g/mol. The molecule has 9 nitrogen and oxygen atoms in total. The lowest BCUT2D eigenvalue weighted by Gasteiger charge is -2.33. The first-order valence-electron chi connectivity index (χ1n) is 18.6. The molecule has 1 aromatic rings. The van der Waals surface area contributed by atoms with Crippen molar-refractivity contribution in [3.05, 3.63) is 59.6 Å². The van der Waals surface area contributed by atoms with Crippen molar-refractivity contribution in [1.29, 1.82) is 0 Å². The van der Waals surface area contributed by atoms with Gasteiger partial charge in [-0.1, -0.05) is 69.7 Å². The minimum atomic E-state index is -1.20. The van der Waals surface area contributed by atoms with Gasteiger partial charge in [0.15, 0.2) is 5.60 Å². The number of amides is 2. The molecule has 3 atom stereocenters. The van der Waals surface area contributed by atoms with Gasteiger partial charge in [0.25, 0.3) is 5.91 Å². The topological polar surface area (TPSA) is 118 Å². The van der Waals surface area contributed by atoms with E-state index >= 15 is 0 Å². The van der Waals surface area contributed by atoms with E-state index in [0.29, 0.717) is 59.4 Å². The van der Waals surface area contributed by atoms with Gasteiger partial charge in [-0.3, -0.25) is 9.59 Å². The zero-order chi connectivity index (χ0) is 37.9. The number of oxime groups is 1. The van der Waals surface area contributed by atoms with Crippen molar-refractivity contribution in [3.8, 4) is 5.75 Å². The molecule has 1 spiro atoms. The van der Waals surface area contributed by atoms with Crippen LogP contribution in [0.3, 0.4) is 0 Å². The number of aliphatic hydroxyl groups is 1. The molecule has 0 fully saturated rings. The monoisotopic (exact) mass is 977 g/mol. The highest BCUT2D eigenvalue weighted by Crippen LogP contribution is 2.44. The maximum absolute atomic E-state index is 12.8. The lowest BCUT2D eigenvalue weighted by molar-refractivity contribution is -0.121. The number of halogens is 4. The van der Waals surface area contributed by atoms with E-state index < -0.39 is 11.7 Å². The molecule has 290 valence electrons. The van der Waals surface area contributed by atoms with Crippen LogP contribution in [0.5, 0.6) is 5.75 Å². The number of hydrogen-bond donors (Lipinski definition) is 3. The number of rotatable bonds is 24. The number of carbonyl (C=O) groups is 2. The fraction of sp³-hybridized carbons (Fsp3) is 0.615. The van der Waals surface area contributed by atoms with E-state index in [1.165, 1.54) is 52.1 Å². The summed E-state index contributed by atoms with van der Waals surface area (Å²) >= 11 is 14.0. The summed E-state index contributed by atoms with van der Waals surface area (Å²) in [5.41, 5.74) is 0.0630. The summed E-state index contributed by atoms with van der Waals surface area (Å²) in [4.78, 5) is 30.7. The summed E-state index contributed by atoms with van der Waals surface area (Å²) in [6.45, 7) is 5.96. The Bertz CT molecular complexity index is 1430. The molecule has 0 aromatic heterocycles. The maximum atomic E-state index is 12.8. The second-order valence-corrected chi connectivity index (χ2v) is 17.0. The second-order valence-electron chi connectivity index (χ2n) is 13.6. The SMILES string of the molecule is CCCCC(C)CCCC=CCCCCCCC(=O)NCCc1cc(Br)c(OCCCNC(=O)C2=NOC3(C=C(Br)C(OC)=C(Br)C3O)C2)c(Br)c1. The molecule has 0 radical (unpaired) electrons. The number of aliphatic hydroxyl groups excluding tert-OH is 1. The third-order valence-corrected chi connectivity index (χ3v) is 11.8. The van der Waals surface area contributed by atoms with Crippen LogP contribution in [0, 0.1) is 5.92 Å². The fourth-order valence-corrected chi connectivity index (χ4v) is 9.42. The highest BCUT2D eigenvalue weighted by molar-refractivity contribution is 9.12. The van der Waals surface area contributed by atoms with Crippen LogP contribution in [-0.4, -0.2) is 61.1 Å². The van der Waals surface area contributed by atoms with Crippen molar-refractivity contribution in [3.63, 3.8) is 0 Å². The number of benzene rings is 1. The van der Waals surface area contributed by atoms with Gasteiger partial charge in [0.2, 0.25) is 5.91 Å². The van der Waals surface area contributed by atoms with Gasteiger partial charge in [-0.05, 0) is 138 Å². The van der Waals surface area contributed by atoms with Gasteiger partial charge in [0, 0.05) is 25.9 Å². The lowest BCUT2D eigenvalue weighted by Crippen LogP contribution is -2.45. The summed E-state index contributed by atoms with van der Waals surface area (Å²) in [6.07, 6.45) is 20.5. The van der Waals surface area contributed by atoms with Crippen molar-refractivity contribution in [2.75, 3.05) is 26.8 Å². The van der Waals surface area contributed by atoms with E-state index in [-0.39, 0.29) is 23.9 Å². The quantitative estimate of drug-likeness (QED) is 0.0702. The standard InChI is InChI=1S/C39H55Br4N3O6/c1-4-5-16-27(2)17-13-11-9-7-6-8-10-12-14-18-33(47)44-21-19-28-23-29(40)35(30(41)24-28)51-22-15-20-45-38(49)32-26-39(52-46-32)25-31(42)36(50-3)34(43)37(39)48/h7,9,23-25,27,37,48H,4-6,8,10-22,26H2,1-3H3,(H,44,47)(H,45,49). The number of nitrogens with zero attached hydrogens (tertiary/aromatic N) is 1. The minimum Gasteiger partial charge on any atom is -0.495 e. The van der Waals surface area contributed by atoms with E-state index in [9.17, 15) is 14.7 Å². The molecule has 52 heavy (non-hydrogen) atoms. The number of hydrogen-bond acceptors (Lipinski definition) is 7. The molecule has 3 unspecified atom stereocenters. The van der Waals surface area contributed by atoms with E-state index in [4.69, 9.17) is 14.3 Å². The van der Waals surface area contributed by atoms with Gasteiger partial charge in [-0.15, -0.1) is 0 Å². The molecule has 2 amide bonds. The molecule has 1 aromatic carbocycles. The van der Waals surface area contributed by atoms with Gasteiger partial charge in [-0.2, -0.15) is 0 Å². The van der Waals surface area contributed by atoms with Crippen molar-refractivity contribution in [2.24, 2.45) is 11.1 Å². The van der Waals surface area contributed by atoms with Crippen LogP contribution in [0.2, 0.25) is 0 Å². The van der Waals surface area contributed by atoms with Crippen LogP contribution in [0.25, 0.3) is 0 Å². The number of nitrogens with one attached hydrogen (secondary N) is 2. The maximum Gasteiger partial charge on any atom is 0.269 e. The molecule has 2 aliphatic rings. The molecular formula is C39H55Br4N3O6. The summed E-state index contributed by atoms with van der Waals surface area (Å²) in [5, 5.41) is 20.7. The Morgan fingerprint density at radius 1 is 1.00 bits per heavy atom. The zero-order valence-electron chi connectivity index (χ0n) is 30.7. The third kappa shape index (κ3) is 14.5. The van der Waals surface area contributed by atoms with Gasteiger partial charge in [0.05, 0.1) is 31.6 Å². The first-order chi connectivity index (χ1) is 25.0. The van der Waals surface area contributed by atoms with Gasteiger partial charge >= 0.3 is 0 Å². The highest BCUT2D eigenvalue weighted by Gasteiger charge is 2.50. The number of ether oxygens (including phenoxy) is 2. The van der Waals surface area contributed by atoms with Crippen LogP contribution in [0.4, 0.5) is 0 Å². The minimum absolute atomic E-state index is 0.102. The van der Waals surface area contributed by atoms with Crippen LogP contribution in [-0.2, 0) is 25.6 Å². The lowest BCUT2D eigenvalue weighted by atomic mass is 9.87. The highest BCUT2D eigenvalue weighted by atomic mass is 79.9. The molecule has 13 heteroatoms. The van der Waals surface area contributed by atoms with E-state index in [2.05, 4.69) is 106 Å². The molecule has 0 saturated carbocycles. The fourth-order valence-electron chi connectivity index (χ4n) is 6.12. The molecule has 3 rings (SSSR count). The Morgan fingerprint density at radius 2 is 1.69 bits per heavy atom. The molecule has 1 heterocycles. The molecule has 1 aliphatic heterocycles. The Hall–Kier alpha value is -1.67. The van der Waals surface area contributed by atoms with Gasteiger partial charge in [0.1, 0.15) is 23.3 Å². The Labute approximate surface area is 343 Å². The van der Waals surface area contributed by atoms with Crippen LogP contribution in [0.15, 0.2) is 59.2 Å². The number of carbonyl (C=O) groups excluding carboxylic acids is 2. The molecule has 0 bridgehead atoms. The van der Waals surface area contributed by atoms with Crippen LogP contribution in [0.1, 0.15) is 109 Å². The van der Waals surface area contributed by atoms with Crippen molar-refractivity contribution in [1.82, 2.24) is 10.6 Å². The van der Waals surface area contributed by atoms with E-state index in [1.807, 2.05) is 12.1 Å². The Morgan fingerprint density at radius 3 is 2.40 bits per heavy atom. The first-order valence-corrected chi connectivity index (χ1v) is 21.7. The first kappa shape index (κ1) is 44.7. The number of allylic oxidation sites excluding steroid dienone is 3. The number of unbranched alkanes of at least 4 members (excludes halogenated alkanes) is 6. The smallest absolute Gasteiger partial charge is 0.269 e. The summed E-state index contributed by atoms with van der Waals surface area (Å²) < 4.78 is 13.9. The number of methoxy groups -OCH3 is 1. The van der Waals surface area contributed by atoms with Crippen LogP contribution >= 0.6 is 63.7 Å². The van der Waals surface area contributed by atoms with Gasteiger partial charge in [-0.25, -0.2) is 0 Å². The summed E-state index contributed by atoms with van der Waals surface area (Å²) in [5.74, 6) is 1.73. The second kappa shape index (κ2) is 24.0. The third-order valence-electron chi connectivity index (χ3n) is 9.20. The summed E-state index contributed by atoms with van der Waals surface area (Å²) in [7, 11) is 1.50. The largest absolute Gasteiger partial charge is 0.495 e. The predicted octanol–water partition coefficient (Wildman–Crippen LogP) is 10.1. The van der Waals surface area contributed by atoms with Gasteiger partial charge < -0.3 is 30.1 Å². The average Bonchev–Trinajstić information content (AvgIpc) is 3.54. The zero-order valence-corrected chi connectivity index (χ0v) is 37.1.